The predicted octanol–water partition coefficient (Wildman–Crippen LogP) is 5.43. The van der Waals surface area contributed by atoms with Crippen LogP contribution in [0.3, 0.4) is 0 Å². The maximum absolute atomic E-state index is 12.7. The normalized spacial score (nSPS) is 18.1. The van der Waals surface area contributed by atoms with Crippen molar-refractivity contribution in [2.75, 3.05) is 26.2 Å². The van der Waals surface area contributed by atoms with Crippen LogP contribution in [0.15, 0.2) is 46.9 Å². The van der Waals surface area contributed by atoms with Crippen LogP contribution in [0.4, 0.5) is 0 Å². The maximum atomic E-state index is 12.7. The molecule has 7 heteroatoms. The minimum absolute atomic E-state index is 0.139. The van der Waals surface area contributed by atoms with Crippen molar-refractivity contribution in [3.05, 3.63) is 62.9 Å². The molecule has 0 radical (unpaired) electrons. The molecule has 2 fully saturated rings. The summed E-state index contributed by atoms with van der Waals surface area (Å²) in [6, 6.07) is 15.4. The molecule has 186 valence electrons. The van der Waals surface area contributed by atoms with E-state index in [1.54, 1.807) is 11.3 Å². The lowest BCUT2D eigenvalue weighted by molar-refractivity contribution is -0.121. The Bertz CT molecular complexity index is 1170. The quantitative estimate of drug-likeness (QED) is 0.408. The first-order chi connectivity index (χ1) is 17.0. The Morgan fingerprint density at radius 3 is 2.69 bits per heavy atom. The number of rotatable bonds is 7. The Morgan fingerprint density at radius 2 is 1.91 bits per heavy atom. The molecule has 0 bridgehead atoms. The van der Waals surface area contributed by atoms with Crippen molar-refractivity contribution in [1.82, 2.24) is 15.5 Å². The van der Waals surface area contributed by atoms with Crippen LogP contribution in [0.5, 0.6) is 5.75 Å². The molecule has 1 aromatic heterocycles. The fourth-order valence-electron chi connectivity index (χ4n) is 5.04. The molecule has 2 aliphatic rings. The maximum Gasteiger partial charge on any atom is 0.225 e. The monoisotopic (exact) mass is 555 g/mol. The molecular formula is C28H34BrN3O2S. The molecule has 1 amide bonds. The van der Waals surface area contributed by atoms with Crippen LogP contribution in [-0.4, -0.2) is 49.1 Å². The lowest BCUT2D eigenvalue weighted by Gasteiger charge is -2.32. The number of piperidine rings is 2. The number of likely N-dealkylation sites (tertiary alicyclic amines) is 1. The third kappa shape index (κ3) is 6.64. The van der Waals surface area contributed by atoms with Crippen LogP contribution in [0.1, 0.15) is 41.7 Å². The van der Waals surface area contributed by atoms with Gasteiger partial charge in [-0.05, 0) is 102 Å². The average Bonchev–Trinajstić information content (AvgIpc) is 3.24. The molecule has 5 rings (SSSR count). The number of halogens is 1. The molecule has 3 heterocycles. The molecule has 2 saturated heterocycles. The minimum Gasteiger partial charge on any atom is -0.489 e. The van der Waals surface area contributed by atoms with E-state index in [1.165, 1.54) is 21.2 Å². The summed E-state index contributed by atoms with van der Waals surface area (Å²) in [6.07, 6.45) is 4.88. The van der Waals surface area contributed by atoms with E-state index in [0.29, 0.717) is 12.5 Å². The fraction of sp³-hybridized carbons (Fsp3) is 0.464. The van der Waals surface area contributed by atoms with Crippen molar-refractivity contribution in [3.63, 3.8) is 0 Å². The van der Waals surface area contributed by atoms with Gasteiger partial charge in [-0.3, -0.25) is 9.69 Å². The number of fused-ring (bicyclic) bond motifs is 1. The fourth-order valence-corrected chi connectivity index (χ4v) is 6.72. The molecule has 2 N–H and O–H groups in total. The zero-order valence-corrected chi connectivity index (χ0v) is 22.7. The van der Waals surface area contributed by atoms with Crippen LogP contribution in [-0.2, 0) is 17.8 Å². The van der Waals surface area contributed by atoms with Gasteiger partial charge in [-0.15, -0.1) is 11.3 Å². The van der Waals surface area contributed by atoms with Gasteiger partial charge in [0.15, 0.2) is 0 Å². The summed E-state index contributed by atoms with van der Waals surface area (Å²) in [4.78, 5) is 16.3. The molecule has 2 aromatic carbocycles. The summed E-state index contributed by atoms with van der Waals surface area (Å²) < 4.78 is 8.50. The van der Waals surface area contributed by atoms with Gasteiger partial charge in [0.1, 0.15) is 11.9 Å². The highest BCUT2D eigenvalue weighted by atomic mass is 79.9. The van der Waals surface area contributed by atoms with Crippen molar-refractivity contribution in [3.8, 4) is 5.75 Å². The first-order valence-corrected chi connectivity index (χ1v) is 14.3. The van der Waals surface area contributed by atoms with Gasteiger partial charge in [0.25, 0.3) is 0 Å². The van der Waals surface area contributed by atoms with Crippen molar-refractivity contribution in [1.29, 1.82) is 0 Å². The SMILES string of the molecule is Cc1ccc2cc(CC(=O)NC3CCN(Cc4ccc(OC5CCNCC5)c(Br)c4)CC3)sc2c1. The second-order valence-corrected chi connectivity index (χ2v) is 11.9. The van der Waals surface area contributed by atoms with E-state index in [2.05, 4.69) is 80.9 Å². The molecule has 35 heavy (non-hydrogen) atoms. The van der Waals surface area contributed by atoms with E-state index in [9.17, 15) is 4.79 Å². The number of nitrogens with one attached hydrogen (secondary N) is 2. The van der Waals surface area contributed by atoms with E-state index in [-0.39, 0.29) is 11.9 Å². The zero-order valence-electron chi connectivity index (χ0n) is 20.3. The third-order valence-corrected chi connectivity index (χ3v) is 8.71. The first-order valence-electron chi connectivity index (χ1n) is 12.7. The Labute approximate surface area is 220 Å². The number of carbonyl (C=O) groups excluding carboxylic acids is 1. The second kappa shape index (κ2) is 11.4. The highest BCUT2D eigenvalue weighted by molar-refractivity contribution is 9.10. The van der Waals surface area contributed by atoms with Crippen molar-refractivity contribution in [2.24, 2.45) is 0 Å². The number of nitrogens with zero attached hydrogens (tertiary/aromatic N) is 1. The number of amides is 1. The van der Waals surface area contributed by atoms with E-state index < -0.39 is 0 Å². The van der Waals surface area contributed by atoms with E-state index in [4.69, 9.17) is 4.74 Å². The van der Waals surface area contributed by atoms with E-state index >= 15 is 0 Å². The molecule has 0 saturated carbocycles. The summed E-state index contributed by atoms with van der Waals surface area (Å²) in [5.41, 5.74) is 2.55. The summed E-state index contributed by atoms with van der Waals surface area (Å²) >= 11 is 5.44. The van der Waals surface area contributed by atoms with Crippen LogP contribution in [0.2, 0.25) is 0 Å². The average molecular weight is 557 g/mol. The predicted molar refractivity (Wildman–Crippen MR) is 147 cm³/mol. The number of benzene rings is 2. The van der Waals surface area contributed by atoms with Crippen LogP contribution < -0.4 is 15.4 Å². The van der Waals surface area contributed by atoms with Crippen molar-refractivity contribution < 1.29 is 9.53 Å². The third-order valence-electron chi connectivity index (χ3n) is 7.00. The van der Waals surface area contributed by atoms with E-state index in [1.807, 2.05) is 0 Å². The molecule has 5 nitrogen and oxygen atoms in total. The first kappa shape index (κ1) is 24.8. The van der Waals surface area contributed by atoms with Gasteiger partial charge in [0, 0.05) is 35.3 Å². The number of ether oxygens (including phenoxy) is 1. The smallest absolute Gasteiger partial charge is 0.225 e. The number of hydrogen-bond donors (Lipinski definition) is 2. The van der Waals surface area contributed by atoms with Gasteiger partial charge in [0.05, 0.1) is 10.9 Å². The minimum atomic E-state index is 0.139. The van der Waals surface area contributed by atoms with Gasteiger partial charge in [-0.1, -0.05) is 18.2 Å². The number of aryl methyl sites for hydroxylation is 1. The van der Waals surface area contributed by atoms with Crippen molar-refractivity contribution >= 4 is 43.3 Å². The van der Waals surface area contributed by atoms with Crippen LogP contribution in [0.25, 0.3) is 10.1 Å². The largest absolute Gasteiger partial charge is 0.489 e. The molecule has 0 atom stereocenters. The number of hydrogen-bond acceptors (Lipinski definition) is 5. The summed E-state index contributed by atoms with van der Waals surface area (Å²) in [5, 5.41) is 7.89. The molecule has 0 spiro atoms. The summed E-state index contributed by atoms with van der Waals surface area (Å²) in [7, 11) is 0. The number of thiophene rings is 1. The molecule has 0 aliphatic carbocycles. The lowest BCUT2D eigenvalue weighted by atomic mass is 10.0. The Kier molecular flexibility index (Phi) is 8.07. The highest BCUT2D eigenvalue weighted by Gasteiger charge is 2.22. The van der Waals surface area contributed by atoms with Gasteiger partial charge in [-0.2, -0.15) is 0 Å². The van der Waals surface area contributed by atoms with Gasteiger partial charge in [-0.25, -0.2) is 0 Å². The summed E-state index contributed by atoms with van der Waals surface area (Å²) in [6.45, 7) is 7.09. The van der Waals surface area contributed by atoms with Crippen LogP contribution in [0, 0.1) is 6.92 Å². The Morgan fingerprint density at radius 1 is 1.11 bits per heavy atom. The van der Waals surface area contributed by atoms with Crippen LogP contribution >= 0.6 is 27.3 Å². The van der Waals surface area contributed by atoms with Gasteiger partial charge < -0.3 is 15.4 Å². The lowest BCUT2D eigenvalue weighted by Crippen LogP contribution is -2.44. The zero-order chi connectivity index (χ0) is 24.2. The molecule has 3 aromatic rings. The molecular weight excluding hydrogens is 522 g/mol. The Balaban J connectivity index is 1.07. The van der Waals surface area contributed by atoms with Crippen molar-refractivity contribution in [2.45, 2.75) is 57.7 Å². The van der Waals surface area contributed by atoms with Gasteiger partial charge in [0.2, 0.25) is 5.91 Å². The van der Waals surface area contributed by atoms with E-state index in [0.717, 1.165) is 73.5 Å². The second-order valence-electron chi connectivity index (χ2n) is 9.88. The summed E-state index contributed by atoms with van der Waals surface area (Å²) in [5.74, 6) is 1.08. The molecule has 2 aliphatic heterocycles. The topological polar surface area (TPSA) is 53.6 Å². The Hall–Kier alpha value is -1.93. The molecule has 0 unspecified atom stereocenters. The number of carbonyl (C=O) groups is 1. The standard InChI is InChI=1S/C28H34BrN3O2S/c1-19-2-4-21-16-24(35-27(21)14-19)17-28(33)31-22-8-12-32(13-9-22)18-20-3-5-26(25(29)15-20)34-23-6-10-30-11-7-23/h2-5,14-16,22-23,30H,6-13,17-18H2,1H3,(H,31,33). The highest BCUT2D eigenvalue weighted by Crippen LogP contribution is 2.29. The van der Waals surface area contributed by atoms with Gasteiger partial charge >= 0.3 is 0 Å².